The highest BCUT2D eigenvalue weighted by molar-refractivity contribution is 6.09. The van der Waals surface area contributed by atoms with Gasteiger partial charge in [-0.25, -0.2) is 4.98 Å². The van der Waals surface area contributed by atoms with E-state index in [1.807, 2.05) is 123 Å². The van der Waals surface area contributed by atoms with Gasteiger partial charge in [-0.3, -0.25) is 4.57 Å². The fourth-order valence-electron chi connectivity index (χ4n) is 11.4. The van der Waals surface area contributed by atoms with Crippen molar-refractivity contribution in [3.63, 3.8) is 0 Å². The predicted octanol–water partition coefficient (Wildman–Crippen LogP) is 19.2. The zero-order valence-electron chi connectivity index (χ0n) is 52.7. The highest BCUT2D eigenvalue weighted by Crippen LogP contribution is 2.53. The van der Waals surface area contributed by atoms with Crippen molar-refractivity contribution in [1.82, 2.24) is 9.55 Å². The van der Waals surface area contributed by atoms with Crippen molar-refractivity contribution in [3.8, 4) is 50.7 Å². The zero-order chi connectivity index (χ0) is 59.0. The van der Waals surface area contributed by atoms with Crippen LogP contribution in [-0.2, 0) is 21.7 Å². The molecule has 0 atom stereocenters. The number of anilines is 4. The molecule has 374 valence electrons. The summed E-state index contributed by atoms with van der Waals surface area (Å²) in [6.07, 6.45) is 3.99. The molecule has 3 heterocycles. The van der Waals surface area contributed by atoms with Gasteiger partial charge in [-0.1, -0.05) is 196 Å². The van der Waals surface area contributed by atoms with Crippen LogP contribution >= 0.6 is 0 Å². The van der Waals surface area contributed by atoms with Crippen LogP contribution in [0.25, 0.3) is 61.0 Å². The molecule has 0 N–H and O–H groups in total. The van der Waals surface area contributed by atoms with Crippen molar-refractivity contribution in [3.05, 3.63) is 216 Å². The summed E-state index contributed by atoms with van der Waals surface area (Å²) >= 11 is 0. The number of aromatic nitrogens is 2. The van der Waals surface area contributed by atoms with Crippen molar-refractivity contribution >= 4 is 44.6 Å². The average Bonchev–Trinajstić information content (AvgIpc) is 3.78. The lowest BCUT2D eigenvalue weighted by Crippen LogP contribution is -2.33. The first-order valence-corrected chi connectivity index (χ1v) is 26.2. The van der Waals surface area contributed by atoms with Crippen LogP contribution in [0.1, 0.15) is 115 Å². The molecular formula is C70H68N4O. The maximum Gasteiger partial charge on any atom is 0.137 e. The maximum atomic E-state index is 9.85. The SMILES string of the molecule is [2H]c1c([2H])c(-c2cccc(-c3ccc4c(c3)C(C)(C)CCC4(C)C)c2N2CN(c3cccc(Oc4ccc5c6c([2H])c([2H])c([2H])c([2H])c6n(-c6cc(C(C)(C)C)c(-c7ccccc7)cn6)c5c4)c3)c3ccccc32)c([2H])c(C(C)(C)C)c1[2H]. The van der Waals surface area contributed by atoms with E-state index in [-0.39, 0.29) is 64.6 Å². The van der Waals surface area contributed by atoms with Crippen LogP contribution in [0.5, 0.6) is 11.5 Å². The summed E-state index contributed by atoms with van der Waals surface area (Å²) in [5.41, 5.74) is 12.4. The van der Waals surface area contributed by atoms with Gasteiger partial charge < -0.3 is 14.5 Å². The van der Waals surface area contributed by atoms with Gasteiger partial charge in [-0.05, 0) is 122 Å². The van der Waals surface area contributed by atoms with E-state index < -0.39 is 5.41 Å². The molecule has 12 rings (SSSR count). The van der Waals surface area contributed by atoms with E-state index in [9.17, 15) is 6.85 Å². The smallest absolute Gasteiger partial charge is 0.137 e. The van der Waals surface area contributed by atoms with E-state index in [0.29, 0.717) is 62.5 Å². The summed E-state index contributed by atoms with van der Waals surface area (Å²) in [6, 6.07) is 45.5. The number of rotatable bonds is 8. The van der Waals surface area contributed by atoms with Crippen LogP contribution < -0.4 is 14.5 Å². The third-order valence-electron chi connectivity index (χ3n) is 15.6. The molecular weight excluding hydrogens is 913 g/mol. The van der Waals surface area contributed by atoms with E-state index in [0.717, 1.165) is 63.4 Å². The Kier molecular flexibility index (Phi) is 9.44. The molecule has 5 heteroatoms. The Morgan fingerprint density at radius 1 is 0.533 bits per heavy atom. The molecule has 10 aromatic rings. The second-order valence-electron chi connectivity index (χ2n) is 23.8. The lowest BCUT2D eigenvalue weighted by atomic mass is 9.63. The minimum Gasteiger partial charge on any atom is -0.457 e. The number of hydrogen-bond donors (Lipinski definition) is 0. The number of benzene rings is 8. The molecule has 5 nitrogen and oxygen atoms in total. The molecule has 0 amide bonds. The van der Waals surface area contributed by atoms with E-state index >= 15 is 0 Å². The first-order chi connectivity index (χ1) is 39.3. The van der Waals surface area contributed by atoms with Crippen LogP contribution in [0.15, 0.2) is 194 Å². The fraction of sp³-hybridized carbons (Fsp3) is 0.243. The summed E-state index contributed by atoms with van der Waals surface area (Å²) in [7, 11) is 0. The summed E-state index contributed by atoms with van der Waals surface area (Å²) in [6.45, 7) is 22.0. The van der Waals surface area contributed by atoms with Crippen molar-refractivity contribution in [2.24, 2.45) is 0 Å². The molecule has 1 aliphatic heterocycles. The second-order valence-corrected chi connectivity index (χ2v) is 23.8. The number of fused-ring (bicyclic) bond motifs is 5. The summed E-state index contributed by atoms with van der Waals surface area (Å²) in [5.74, 6) is 1.56. The Balaban J connectivity index is 0.988. The standard InChI is InChI=1S/C70H68N4O/c1-67(2,3)49-24-18-23-47(39-49)53-28-20-29-54(48-33-36-58-60(40-48)70(9,10)38-37-69(58,7)8)66(53)73-45-72(62-31-16-17-32-63(62)73)50-25-19-26-51(41-50)75-52-34-35-56-55-27-14-15-30-61(55)74(64(56)42-52)65-43-59(68(4,5)6)57(44-71-65)46-21-12-11-13-22-46/h11-36,39-44H,37-38,45H2,1-10H3/i14D,15D,18D,23D,24D,27D,30D,39D. The van der Waals surface area contributed by atoms with Crippen LogP contribution in [-0.4, -0.2) is 16.2 Å². The van der Waals surface area contributed by atoms with Crippen LogP contribution in [0.2, 0.25) is 0 Å². The topological polar surface area (TPSA) is 33.5 Å². The van der Waals surface area contributed by atoms with Crippen molar-refractivity contribution in [2.45, 2.75) is 104 Å². The number of hydrogen-bond acceptors (Lipinski definition) is 4. The molecule has 2 aliphatic rings. The van der Waals surface area contributed by atoms with Crippen molar-refractivity contribution in [2.75, 3.05) is 16.5 Å². The quantitative estimate of drug-likeness (QED) is 0.152. The molecule has 0 spiro atoms. The Labute approximate surface area is 455 Å². The van der Waals surface area contributed by atoms with Crippen LogP contribution in [0, 0.1) is 0 Å². The lowest BCUT2D eigenvalue weighted by Gasteiger charge is -2.42. The highest BCUT2D eigenvalue weighted by atomic mass is 16.5. The number of pyridine rings is 1. The molecule has 1 aliphatic carbocycles. The van der Waals surface area contributed by atoms with Crippen LogP contribution in [0.4, 0.5) is 22.7 Å². The Hall–Kier alpha value is -7.89. The van der Waals surface area contributed by atoms with Gasteiger partial charge in [0.05, 0.1) is 39.1 Å². The first kappa shape index (κ1) is 39.6. The van der Waals surface area contributed by atoms with Gasteiger partial charge in [-0.15, -0.1) is 0 Å². The minimum atomic E-state index is -0.646. The molecule has 8 aromatic carbocycles. The number of nitrogens with zero attached hydrogens (tertiary/aromatic N) is 4. The van der Waals surface area contributed by atoms with E-state index in [4.69, 9.17) is 13.8 Å². The number of ether oxygens (including phenoxy) is 1. The third kappa shape index (κ3) is 8.57. The van der Waals surface area contributed by atoms with Gasteiger partial charge >= 0.3 is 0 Å². The normalized spacial score (nSPS) is 16.6. The maximum absolute atomic E-state index is 9.85. The minimum absolute atomic E-state index is 0.00186. The molecule has 0 saturated carbocycles. The van der Waals surface area contributed by atoms with Gasteiger partial charge in [0, 0.05) is 51.5 Å². The summed E-state index contributed by atoms with van der Waals surface area (Å²) in [5, 5.41) is 1.03. The molecule has 0 radical (unpaired) electrons. The largest absolute Gasteiger partial charge is 0.457 e. The molecule has 0 unspecified atom stereocenters. The fourth-order valence-corrected chi connectivity index (χ4v) is 11.4. The van der Waals surface area contributed by atoms with Crippen molar-refractivity contribution < 1.29 is 15.7 Å². The summed E-state index contributed by atoms with van der Waals surface area (Å²) in [4.78, 5) is 9.53. The lowest BCUT2D eigenvalue weighted by molar-refractivity contribution is 0.332. The number of para-hydroxylation sites is 4. The van der Waals surface area contributed by atoms with E-state index in [2.05, 4.69) is 107 Å². The summed E-state index contributed by atoms with van der Waals surface area (Å²) < 4.78 is 82.3. The van der Waals surface area contributed by atoms with Crippen LogP contribution in [0.3, 0.4) is 0 Å². The first-order valence-electron chi connectivity index (χ1n) is 30.2. The monoisotopic (exact) mass is 989 g/mol. The predicted molar refractivity (Wildman–Crippen MR) is 316 cm³/mol. The molecule has 2 aromatic heterocycles. The van der Waals surface area contributed by atoms with Gasteiger partial charge in [0.2, 0.25) is 0 Å². The Morgan fingerprint density at radius 2 is 1.23 bits per heavy atom. The van der Waals surface area contributed by atoms with Gasteiger partial charge in [0.25, 0.3) is 0 Å². The van der Waals surface area contributed by atoms with Gasteiger partial charge in [0.15, 0.2) is 0 Å². The Bertz CT molecular complexity index is 4300. The van der Waals surface area contributed by atoms with E-state index in [1.165, 1.54) is 11.1 Å². The van der Waals surface area contributed by atoms with Crippen molar-refractivity contribution in [1.29, 1.82) is 0 Å². The van der Waals surface area contributed by atoms with Gasteiger partial charge in [-0.2, -0.15) is 0 Å². The second kappa shape index (κ2) is 17.9. The molecule has 0 fully saturated rings. The van der Waals surface area contributed by atoms with Gasteiger partial charge in [0.1, 0.15) is 24.0 Å². The highest BCUT2D eigenvalue weighted by Gasteiger charge is 2.38. The third-order valence-corrected chi connectivity index (χ3v) is 15.6. The molecule has 0 bridgehead atoms. The zero-order valence-corrected chi connectivity index (χ0v) is 44.7. The molecule has 75 heavy (non-hydrogen) atoms. The average molecular weight is 989 g/mol. The Morgan fingerprint density at radius 3 is 1.99 bits per heavy atom. The molecule has 0 saturated heterocycles. The van der Waals surface area contributed by atoms with E-state index in [1.54, 1.807) is 0 Å².